The molecule has 1 saturated heterocycles. The Hall–Kier alpha value is -1.07. The van der Waals surface area contributed by atoms with Crippen LogP contribution < -0.4 is 5.32 Å². The van der Waals surface area contributed by atoms with Crippen LogP contribution in [-0.2, 0) is 11.2 Å². The summed E-state index contributed by atoms with van der Waals surface area (Å²) in [4.78, 5) is 16.1. The van der Waals surface area contributed by atoms with Crippen LogP contribution in [0.1, 0.15) is 18.5 Å². The molecule has 2 heterocycles. The molecule has 0 spiro atoms. The lowest BCUT2D eigenvalue weighted by Gasteiger charge is -2.16. The summed E-state index contributed by atoms with van der Waals surface area (Å²) in [6.45, 7) is 0.581. The number of hydrogen-bond donors (Lipinski definition) is 2. The van der Waals surface area contributed by atoms with Crippen LogP contribution in [0.3, 0.4) is 0 Å². The van der Waals surface area contributed by atoms with Gasteiger partial charge in [0.1, 0.15) is 0 Å². The van der Waals surface area contributed by atoms with Gasteiger partial charge in [0, 0.05) is 31.0 Å². The van der Waals surface area contributed by atoms with E-state index in [9.17, 15) is 9.90 Å². The molecule has 2 N–H and O–H groups in total. The normalized spacial score (nSPS) is 20.2. The summed E-state index contributed by atoms with van der Waals surface area (Å²) in [6, 6.07) is 5.75. The van der Waals surface area contributed by atoms with Gasteiger partial charge in [-0.3, -0.25) is 9.78 Å². The number of carbonyl (C=O) groups excluding carboxylic acids is 1. The van der Waals surface area contributed by atoms with Crippen LogP contribution in [-0.4, -0.2) is 40.2 Å². The first kappa shape index (κ1) is 14.3. The molecule has 0 bridgehead atoms. The van der Waals surface area contributed by atoms with Gasteiger partial charge in [-0.05, 0) is 37.1 Å². The second-order valence-corrected chi connectivity index (χ2v) is 6.13. The summed E-state index contributed by atoms with van der Waals surface area (Å²) in [7, 11) is 0. The Kier molecular flexibility index (Phi) is 5.66. The molecular weight excluding hydrogens is 260 g/mol. The van der Waals surface area contributed by atoms with Crippen LogP contribution in [0, 0.1) is 5.92 Å². The predicted octanol–water partition coefficient (Wildman–Crippen LogP) is 1.24. The van der Waals surface area contributed by atoms with Crippen molar-refractivity contribution >= 4 is 17.7 Å². The first-order chi connectivity index (χ1) is 9.29. The number of aliphatic hydroxyl groups is 1. The first-order valence-corrected chi connectivity index (χ1v) is 7.74. The molecule has 1 aliphatic heterocycles. The quantitative estimate of drug-likeness (QED) is 0.823. The Balaban J connectivity index is 1.77. The fourth-order valence-electron chi connectivity index (χ4n) is 2.16. The Morgan fingerprint density at radius 3 is 3.11 bits per heavy atom. The largest absolute Gasteiger partial charge is 0.396 e. The lowest BCUT2D eigenvalue weighted by molar-refractivity contribution is -0.120. The van der Waals surface area contributed by atoms with Gasteiger partial charge in [-0.2, -0.15) is 0 Å². The maximum atomic E-state index is 11.9. The average Bonchev–Trinajstić information content (AvgIpc) is 2.98. The molecule has 2 unspecified atom stereocenters. The van der Waals surface area contributed by atoms with Crippen LogP contribution in [0.4, 0.5) is 0 Å². The third kappa shape index (κ3) is 4.51. The highest BCUT2D eigenvalue weighted by atomic mass is 32.2. The van der Waals surface area contributed by atoms with Crippen molar-refractivity contribution in [1.29, 1.82) is 0 Å². The smallest absolute Gasteiger partial charge is 0.233 e. The molecule has 5 heteroatoms. The van der Waals surface area contributed by atoms with E-state index in [4.69, 9.17) is 0 Å². The van der Waals surface area contributed by atoms with Crippen molar-refractivity contribution in [3.8, 4) is 0 Å². The molecule has 0 aromatic carbocycles. The third-order valence-corrected chi connectivity index (χ3v) is 4.65. The molecule has 2 rings (SSSR count). The minimum absolute atomic E-state index is 0.0326. The number of carbonyl (C=O) groups is 1. The first-order valence-electron chi connectivity index (χ1n) is 6.69. The SMILES string of the molecule is O=C(NCC(CO)Cc1ccccn1)C1CCCS1. The van der Waals surface area contributed by atoms with E-state index in [1.165, 1.54) is 0 Å². The number of hydrogen-bond acceptors (Lipinski definition) is 4. The second-order valence-electron chi connectivity index (χ2n) is 4.82. The molecule has 19 heavy (non-hydrogen) atoms. The number of thioether (sulfide) groups is 1. The van der Waals surface area contributed by atoms with Gasteiger partial charge in [0.25, 0.3) is 0 Å². The molecule has 1 aromatic rings. The molecule has 1 fully saturated rings. The van der Waals surface area contributed by atoms with Crippen molar-refractivity contribution in [2.24, 2.45) is 5.92 Å². The fourth-order valence-corrected chi connectivity index (χ4v) is 3.34. The van der Waals surface area contributed by atoms with Crippen LogP contribution >= 0.6 is 11.8 Å². The molecular formula is C14H20N2O2S. The molecule has 1 aliphatic rings. The monoisotopic (exact) mass is 280 g/mol. The minimum atomic E-state index is 0.0326. The van der Waals surface area contributed by atoms with Gasteiger partial charge in [-0.15, -0.1) is 11.8 Å². The summed E-state index contributed by atoms with van der Waals surface area (Å²) < 4.78 is 0. The summed E-state index contributed by atoms with van der Waals surface area (Å²) in [5, 5.41) is 12.4. The zero-order valence-corrected chi connectivity index (χ0v) is 11.7. The maximum absolute atomic E-state index is 11.9. The highest BCUT2D eigenvalue weighted by molar-refractivity contribution is 8.00. The van der Waals surface area contributed by atoms with Crippen molar-refractivity contribution in [3.63, 3.8) is 0 Å². The number of aromatic nitrogens is 1. The Morgan fingerprint density at radius 1 is 1.58 bits per heavy atom. The summed E-state index contributed by atoms with van der Waals surface area (Å²) in [5.74, 6) is 1.22. The van der Waals surface area contributed by atoms with E-state index >= 15 is 0 Å². The van der Waals surface area contributed by atoms with Crippen LogP contribution in [0.2, 0.25) is 0 Å². The van der Waals surface area contributed by atoms with Crippen LogP contribution in [0.15, 0.2) is 24.4 Å². The van der Waals surface area contributed by atoms with Crippen molar-refractivity contribution in [2.75, 3.05) is 18.9 Å². The lowest BCUT2D eigenvalue weighted by Crippen LogP contribution is -2.36. The third-order valence-electron chi connectivity index (χ3n) is 3.27. The van der Waals surface area contributed by atoms with E-state index in [0.29, 0.717) is 13.0 Å². The van der Waals surface area contributed by atoms with E-state index in [1.54, 1.807) is 18.0 Å². The van der Waals surface area contributed by atoms with Crippen molar-refractivity contribution < 1.29 is 9.90 Å². The van der Waals surface area contributed by atoms with Crippen molar-refractivity contribution in [3.05, 3.63) is 30.1 Å². The highest BCUT2D eigenvalue weighted by Gasteiger charge is 2.23. The number of pyridine rings is 1. The number of nitrogens with one attached hydrogen (secondary N) is 1. The predicted molar refractivity (Wildman–Crippen MR) is 77.0 cm³/mol. The van der Waals surface area contributed by atoms with Gasteiger partial charge >= 0.3 is 0 Å². The topological polar surface area (TPSA) is 62.2 Å². The number of rotatable bonds is 6. The van der Waals surface area contributed by atoms with Gasteiger partial charge in [0.2, 0.25) is 5.91 Å². The number of aliphatic hydroxyl groups excluding tert-OH is 1. The van der Waals surface area contributed by atoms with E-state index in [0.717, 1.165) is 24.3 Å². The Morgan fingerprint density at radius 2 is 2.47 bits per heavy atom. The van der Waals surface area contributed by atoms with E-state index < -0.39 is 0 Å². The molecule has 0 aliphatic carbocycles. The molecule has 104 valence electrons. The summed E-state index contributed by atoms with van der Waals surface area (Å²) in [6.07, 6.45) is 4.54. The van der Waals surface area contributed by atoms with Crippen molar-refractivity contribution in [2.45, 2.75) is 24.5 Å². The summed E-state index contributed by atoms with van der Waals surface area (Å²) >= 11 is 1.73. The van der Waals surface area contributed by atoms with E-state index in [-0.39, 0.29) is 23.7 Å². The molecule has 2 atom stereocenters. The van der Waals surface area contributed by atoms with E-state index in [1.807, 2.05) is 18.2 Å². The molecule has 1 amide bonds. The van der Waals surface area contributed by atoms with Gasteiger partial charge in [-0.25, -0.2) is 0 Å². The Labute approximate surface area is 118 Å². The van der Waals surface area contributed by atoms with Crippen LogP contribution in [0.5, 0.6) is 0 Å². The van der Waals surface area contributed by atoms with Gasteiger partial charge in [0.15, 0.2) is 0 Å². The second kappa shape index (κ2) is 7.50. The summed E-state index contributed by atoms with van der Waals surface area (Å²) in [5.41, 5.74) is 0.950. The van der Waals surface area contributed by atoms with Gasteiger partial charge < -0.3 is 10.4 Å². The van der Waals surface area contributed by atoms with Gasteiger partial charge in [-0.1, -0.05) is 6.07 Å². The highest BCUT2D eigenvalue weighted by Crippen LogP contribution is 2.26. The number of nitrogens with zero attached hydrogens (tertiary/aromatic N) is 1. The van der Waals surface area contributed by atoms with E-state index in [2.05, 4.69) is 10.3 Å². The van der Waals surface area contributed by atoms with Crippen LogP contribution in [0.25, 0.3) is 0 Å². The average molecular weight is 280 g/mol. The number of amides is 1. The lowest BCUT2D eigenvalue weighted by atomic mass is 10.0. The molecule has 1 aromatic heterocycles. The maximum Gasteiger partial charge on any atom is 0.233 e. The minimum Gasteiger partial charge on any atom is -0.396 e. The zero-order valence-electron chi connectivity index (χ0n) is 10.9. The van der Waals surface area contributed by atoms with Crippen molar-refractivity contribution in [1.82, 2.24) is 10.3 Å². The molecule has 0 saturated carbocycles. The fraction of sp³-hybridized carbons (Fsp3) is 0.571. The zero-order chi connectivity index (χ0) is 13.5. The molecule has 4 nitrogen and oxygen atoms in total. The standard InChI is InChI=1S/C14H20N2O2S/c17-10-11(8-12-4-1-2-6-15-12)9-16-14(18)13-5-3-7-19-13/h1-2,4,6,11,13,17H,3,5,7-10H2,(H,16,18). The Bertz CT molecular complexity index is 394. The van der Waals surface area contributed by atoms with Gasteiger partial charge in [0.05, 0.1) is 5.25 Å². The molecule has 0 radical (unpaired) electrons.